The Balaban J connectivity index is 2.13. The predicted octanol–water partition coefficient (Wildman–Crippen LogP) is 6.15. The number of hydrogen-bond acceptors (Lipinski definition) is 2. The Morgan fingerprint density at radius 1 is 1.03 bits per heavy atom. The number of alkyl halides is 8. The van der Waals surface area contributed by atoms with Crippen LogP contribution in [0.5, 0.6) is 0 Å². The third kappa shape index (κ3) is 3.43. The smallest absolute Gasteiger partial charge is 0.303 e. The van der Waals surface area contributed by atoms with Crippen LogP contribution in [0, 0.1) is 18.3 Å². The van der Waals surface area contributed by atoms with Crippen LogP contribution in [0.1, 0.15) is 25.0 Å². The third-order valence-corrected chi connectivity index (χ3v) is 6.07. The van der Waals surface area contributed by atoms with Gasteiger partial charge in [-0.15, -0.1) is 11.6 Å². The molecule has 0 radical (unpaired) electrons. The molecule has 1 heterocycles. The number of carbonyl (C=O) groups excluding carboxylic acids is 1. The van der Waals surface area contributed by atoms with Crippen molar-refractivity contribution in [1.82, 2.24) is 0 Å². The molecule has 1 aliphatic heterocycles. The first-order valence-electron chi connectivity index (χ1n) is 9.45. The van der Waals surface area contributed by atoms with Crippen LogP contribution in [-0.4, -0.2) is 35.4 Å². The number of anilines is 1. The Labute approximate surface area is 184 Å². The molecule has 2 unspecified atom stereocenters. The van der Waals surface area contributed by atoms with Gasteiger partial charge in [-0.05, 0) is 42.2 Å². The molecule has 32 heavy (non-hydrogen) atoms. The third-order valence-electron chi connectivity index (χ3n) is 5.60. The molecule has 0 saturated heterocycles. The maximum atomic E-state index is 14.5. The number of nitrogens with one attached hydrogen (secondary N) is 1. The van der Waals surface area contributed by atoms with Crippen LogP contribution in [0.15, 0.2) is 41.5 Å². The summed E-state index contributed by atoms with van der Waals surface area (Å²) in [7, 11) is 0. The number of amides is 1. The van der Waals surface area contributed by atoms with Gasteiger partial charge in [0.1, 0.15) is 0 Å². The molecule has 1 aliphatic carbocycles. The molecule has 1 N–H and O–H groups in total. The highest BCUT2D eigenvalue weighted by Crippen LogP contribution is 2.54. The lowest BCUT2D eigenvalue weighted by Crippen LogP contribution is -2.50. The molecular weight excluding hydrogens is 465 g/mol. The highest BCUT2D eigenvalue weighted by atomic mass is 35.5. The number of aryl methyl sites for hydroxylation is 1. The minimum absolute atomic E-state index is 0.0300. The fourth-order valence-corrected chi connectivity index (χ4v) is 4.42. The van der Waals surface area contributed by atoms with Crippen LogP contribution in [0.3, 0.4) is 0 Å². The standard InChI is InChI=1S/C21H18ClF7N2O/c1-9(2)17-15-12(5-6-13(30)16(15)22)18(32)31(17)14-7-4-11(8-10(14)3)19(23,20(24,25)26)21(27,28)29/h4-9,16-17,30H,1-3H3. The highest BCUT2D eigenvalue weighted by Gasteiger charge is 2.73. The molecule has 1 aromatic carbocycles. The van der Waals surface area contributed by atoms with E-state index in [4.69, 9.17) is 17.0 Å². The van der Waals surface area contributed by atoms with Crippen LogP contribution in [0.2, 0.25) is 0 Å². The van der Waals surface area contributed by atoms with Crippen molar-refractivity contribution >= 4 is 28.9 Å². The quantitative estimate of drug-likeness (QED) is 0.407. The van der Waals surface area contributed by atoms with Crippen molar-refractivity contribution in [3.63, 3.8) is 0 Å². The Morgan fingerprint density at radius 2 is 1.59 bits per heavy atom. The first-order valence-corrected chi connectivity index (χ1v) is 9.89. The van der Waals surface area contributed by atoms with Gasteiger partial charge in [-0.2, -0.15) is 26.3 Å². The lowest BCUT2D eigenvalue weighted by Gasteiger charge is -2.34. The zero-order chi connectivity index (χ0) is 24.4. The summed E-state index contributed by atoms with van der Waals surface area (Å²) in [5.74, 6) is -0.807. The van der Waals surface area contributed by atoms with Crippen LogP contribution in [0.4, 0.5) is 36.4 Å². The molecular formula is C21H18ClF7N2O. The minimum atomic E-state index is -6.24. The number of hydrogen-bond donors (Lipinski definition) is 1. The molecule has 0 aromatic heterocycles. The number of nitrogens with zero attached hydrogens (tertiary/aromatic N) is 1. The number of rotatable bonds is 3. The Hall–Kier alpha value is -2.36. The Bertz CT molecular complexity index is 1030. The second-order valence-corrected chi connectivity index (χ2v) is 8.48. The maximum absolute atomic E-state index is 14.5. The van der Waals surface area contributed by atoms with Crippen molar-refractivity contribution in [2.45, 2.75) is 50.2 Å². The van der Waals surface area contributed by atoms with Gasteiger partial charge in [0.25, 0.3) is 5.91 Å². The van der Waals surface area contributed by atoms with E-state index in [1.165, 1.54) is 24.0 Å². The highest BCUT2D eigenvalue weighted by molar-refractivity contribution is 6.37. The van der Waals surface area contributed by atoms with Gasteiger partial charge in [-0.1, -0.05) is 26.0 Å². The second kappa shape index (κ2) is 7.60. The van der Waals surface area contributed by atoms with Crippen LogP contribution in [0.25, 0.3) is 0 Å². The first kappa shape index (κ1) is 24.3. The first-order chi connectivity index (χ1) is 14.5. The summed E-state index contributed by atoms with van der Waals surface area (Å²) in [5, 5.41) is 7.02. The summed E-state index contributed by atoms with van der Waals surface area (Å²) in [5.41, 5.74) is -6.60. The topological polar surface area (TPSA) is 44.2 Å². The molecule has 1 aromatic rings. The molecule has 2 aliphatic rings. The van der Waals surface area contributed by atoms with Gasteiger partial charge >= 0.3 is 18.0 Å². The van der Waals surface area contributed by atoms with E-state index in [1.54, 1.807) is 13.8 Å². The molecule has 2 atom stereocenters. The average molecular weight is 483 g/mol. The summed E-state index contributed by atoms with van der Waals surface area (Å²) in [4.78, 5) is 14.3. The van der Waals surface area contributed by atoms with Crippen LogP contribution < -0.4 is 4.90 Å². The van der Waals surface area contributed by atoms with E-state index in [9.17, 15) is 35.5 Å². The zero-order valence-corrected chi connectivity index (χ0v) is 17.8. The summed E-state index contributed by atoms with van der Waals surface area (Å²) in [6.07, 6.45) is -9.70. The lowest BCUT2D eigenvalue weighted by molar-refractivity contribution is -0.348. The van der Waals surface area contributed by atoms with E-state index in [-0.39, 0.29) is 28.5 Å². The zero-order valence-electron chi connectivity index (χ0n) is 17.0. The van der Waals surface area contributed by atoms with Crippen molar-refractivity contribution in [2.75, 3.05) is 4.90 Å². The van der Waals surface area contributed by atoms with Gasteiger partial charge in [0.05, 0.1) is 17.1 Å². The predicted molar refractivity (Wildman–Crippen MR) is 106 cm³/mol. The van der Waals surface area contributed by atoms with Crippen molar-refractivity contribution in [1.29, 1.82) is 5.41 Å². The van der Waals surface area contributed by atoms with Crippen molar-refractivity contribution in [2.24, 2.45) is 5.92 Å². The molecule has 3 nitrogen and oxygen atoms in total. The number of allylic oxidation sites excluding steroid dienone is 1. The molecule has 174 valence electrons. The van der Waals surface area contributed by atoms with Gasteiger partial charge < -0.3 is 10.3 Å². The second-order valence-electron chi connectivity index (χ2n) is 8.04. The van der Waals surface area contributed by atoms with Crippen molar-refractivity contribution in [3.8, 4) is 0 Å². The Morgan fingerprint density at radius 3 is 2.06 bits per heavy atom. The molecule has 0 bridgehead atoms. The van der Waals surface area contributed by atoms with Crippen molar-refractivity contribution in [3.05, 3.63) is 52.6 Å². The summed E-state index contributed by atoms with van der Waals surface area (Å²) in [6, 6.07) is 1.03. The number of halogens is 8. The molecule has 0 fully saturated rings. The molecule has 0 spiro atoms. The molecule has 3 rings (SSSR count). The van der Waals surface area contributed by atoms with E-state index in [0.29, 0.717) is 17.7 Å². The fraction of sp³-hybridized carbons (Fsp3) is 0.429. The van der Waals surface area contributed by atoms with Crippen LogP contribution in [-0.2, 0) is 10.5 Å². The average Bonchev–Trinajstić information content (AvgIpc) is 2.95. The number of benzene rings is 1. The SMILES string of the molecule is Cc1cc(C(F)(C(F)(F)F)C(F)(F)F)ccc1N1C(=O)C2=C(C(Cl)C(=N)C=C2)C1C(C)C. The summed E-state index contributed by atoms with van der Waals surface area (Å²) < 4.78 is 93.2. The van der Waals surface area contributed by atoms with Crippen molar-refractivity contribution < 1.29 is 35.5 Å². The lowest BCUT2D eigenvalue weighted by atomic mass is 9.87. The van der Waals surface area contributed by atoms with Gasteiger partial charge in [0.2, 0.25) is 0 Å². The summed E-state index contributed by atoms with van der Waals surface area (Å²) >= 11 is 6.34. The van der Waals surface area contributed by atoms with E-state index >= 15 is 0 Å². The largest absolute Gasteiger partial charge is 0.435 e. The maximum Gasteiger partial charge on any atom is 0.435 e. The monoisotopic (exact) mass is 482 g/mol. The van der Waals surface area contributed by atoms with Gasteiger partial charge in [0, 0.05) is 16.8 Å². The Kier molecular flexibility index (Phi) is 5.77. The van der Waals surface area contributed by atoms with Gasteiger partial charge in [0.15, 0.2) is 0 Å². The van der Waals surface area contributed by atoms with Crippen LogP contribution >= 0.6 is 11.6 Å². The van der Waals surface area contributed by atoms with E-state index < -0.39 is 40.9 Å². The fourth-order valence-electron chi connectivity index (χ4n) is 4.10. The van der Waals surface area contributed by atoms with E-state index in [0.717, 1.165) is 6.07 Å². The minimum Gasteiger partial charge on any atom is -0.303 e. The summed E-state index contributed by atoms with van der Waals surface area (Å²) in [6.45, 7) is 4.72. The normalized spacial score (nSPS) is 22.3. The molecule has 0 saturated carbocycles. The molecule has 11 heteroatoms. The van der Waals surface area contributed by atoms with Gasteiger partial charge in [-0.3, -0.25) is 4.79 Å². The van der Waals surface area contributed by atoms with Gasteiger partial charge in [-0.25, -0.2) is 4.39 Å². The molecule has 1 amide bonds. The van der Waals surface area contributed by atoms with E-state index in [1.807, 2.05) is 0 Å². The van der Waals surface area contributed by atoms with E-state index in [2.05, 4.69) is 0 Å². The number of carbonyl (C=O) groups is 1.